The van der Waals surface area contributed by atoms with Crippen molar-refractivity contribution in [3.8, 4) is 0 Å². The minimum Gasteiger partial charge on any atom is -0.442 e. The number of nitrogens with one attached hydrogen (secondary N) is 2. The van der Waals surface area contributed by atoms with Crippen molar-refractivity contribution in [1.29, 1.82) is 0 Å². The van der Waals surface area contributed by atoms with Gasteiger partial charge < -0.3 is 26.0 Å². The molecule has 2 aromatic rings. The SMILES string of the molecule is Cl.Cl.N[C@@H](Cc1ccccc1)C(=O)NCC1CN(c2ccc(N3CCNCC3)c(F)c2)C(=O)O1. The summed E-state index contributed by atoms with van der Waals surface area (Å²) in [6, 6.07) is 13.6. The van der Waals surface area contributed by atoms with Crippen LogP contribution >= 0.6 is 24.8 Å². The summed E-state index contributed by atoms with van der Waals surface area (Å²) in [7, 11) is 0. The van der Waals surface area contributed by atoms with Gasteiger partial charge in [-0.05, 0) is 30.2 Å². The molecule has 0 aromatic heterocycles. The van der Waals surface area contributed by atoms with Crippen LogP contribution in [0.25, 0.3) is 0 Å². The van der Waals surface area contributed by atoms with Gasteiger partial charge in [0.2, 0.25) is 5.91 Å². The summed E-state index contributed by atoms with van der Waals surface area (Å²) in [5, 5.41) is 5.98. The van der Waals surface area contributed by atoms with Gasteiger partial charge in [-0.2, -0.15) is 0 Å². The van der Waals surface area contributed by atoms with Gasteiger partial charge in [-0.3, -0.25) is 9.69 Å². The van der Waals surface area contributed by atoms with E-state index in [1.165, 1.54) is 11.0 Å². The van der Waals surface area contributed by atoms with Gasteiger partial charge in [-0.25, -0.2) is 9.18 Å². The number of hydrogen-bond donors (Lipinski definition) is 3. The van der Waals surface area contributed by atoms with Crippen molar-refractivity contribution in [2.24, 2.45) is 5.73 Å². The molecule has 2 aliphatic heterocycles. The number of piperazine rings is 1. The Bertz CT molecular complexity index is 963. The third kappa shape index (κ3) is 6.73. The molecule has 186 valence electrons. The largest absolute Gasteiger partial charge is 0.442 e. The van der Waals surface area contributed by atoms with Crippen LogP contribution < -0.4 is 26.2 Å². The van der Waals surface area contributed by atoms with Gasteiger partial charge in [0.05, 0.1) is 30.5 Å². The smallest absolute Gasteiger partial charge is 0.414 e. The van der Waals surface area contributed by atoms with Gasteiger partial charge in [0, 0.05) is 26.2 Å². The van der Waals surface area contributed by atoms with Crippen molar-refractivity contribution in [3.63, 3.8) is 0 Å². The first kappa shape index (κ1) is 27.7. The maximum Gasteiger partial charge on any atom is 0.414 e. The number of cyclic esters (lactones) is 1. The molecule has 8 nitrogen and oxygen atoms in total. The molecule has 0 bridgehead atoms. The van der Waals surface area contributed by atoms with Gasteiger partial charge in [-0.15, -0.1) is 24.8 Å². The highest BCUT2D eigenvalue weighted by atomic mass is 35.5. The average Bonchev–Trinajstić information content (AvgIpc) is 3.19. The first-order valence-electron chi connectivity index (χ1n) is 10.8. The highest BCUT2D eigenvalue weighted by Gasteiger charge is 2.33. The Morgan fingerprint density at radius 2 is 1.88 bits per heavy atom. The number of halogens is 3. The lowest BCUT2D eigenvalue weighted by Crippen LogP contribution is -2.45. The van der Waals surface area contributed by atoms with E-state index in [0.717, 1.165) is 31.7 Å². The third-order valence-corrected chi connectivity index (χ3v) is 5.71. The lowest BCUT2D eigenvalue weighted by Gasteiger charge is -2.30. The van der Waals surface area contributed by atoms with Crippen LogP contribution in [0.1, 0.15) is 5.56 Å². The molecule has 0 aliphatic carbocycles. The summed E-state index contributed by atoms with van der Waals surface area (Å²) in [5.74, 6) is -0.685. The summed E-state index contributed by atoms with van der Waals surface area (Å²) in [4.78, 5) is 28.0. The fraction of sp³-hybridized carbons (Fsp3) is 0.391. The number of ether oxygens (including phenoxy) is 1. The van der Waals surface area contributed by atoms with Crippen LogP contribution in [0.15, 0.2) is 48.5 Å². The zero-order chi connectivity index (χ0) is 22.5. The molecule has 2 saturated heterocycles. The molecule has 2 fully saturated rings. The van der Waals surface area contributed by atoms with E-state index in [4.69, 9.17) is 10.5 Å². The van der Waals surface area contributed by atoms with E-state index in [2.05, 4.69) is 10.6 Å². The zero-order valence-electron chi connectivity index (χ0n) is 18.6. The van der Waals surface area contributed by atoms with E-state index in [1.54, 1.807) is 12.1 Å². The molecule has 1 unspecified atom stereocenters. The minimum atomic E-state index is -0.697. The van der Waals surface area contributed by atoms with Crippen molar-refractivity contribution < 1.29 is 18.7 Å². The summed E-state index contributed by atoms with van der Waals surface area (Å²) in [5.41, 5.74) is 7.92. The molecule has 0 spiro atoms. The van der Waals surface area contributed by atoms with E-state index in [0.29, 0.717) is 17.8 Å². The fourth-order valence-corrected chi connectivity index (χ4v) is 3.97. The molecule has 2 atom stereocenters. The number of carbonyl (C=O) groups excluding carboxylic acids is 2. The molecular formula is C23H30Cl2FN5O3. The molecule has 34 heavy (non-hydrogen) atoms. The second kappa shape index (κ2) is 12.8. The molecule has 2 heterocycles. The Hall–Kier alpha value is -2.59. The number of hydrogen-bond acceptors (Lipinski definition) is 6. The van der Waals surface area contributed by atoms with Crippen molar-refractivity contribution in [2.45, 2.75) is 18.6 Å². The Morgan fingerprint density at radius 3 is 2.56 bits per heavy atom. The van der Waals surface area contributed by atoms with Crippen molar-refractivity contribution >= 4 is 48.2 Å². The van der Waals surface area contributed by atoms with Crippen LogP contribution in [0.2, 0.25) is 0 Å². The normalized spacial score (nSPS) is 18.4. The first-order chi connectivity index (χ1) is 15.5. The van der Waals surface area contributed by atoms with Crippen LogP contribution in [0.4, 0.5) is 20.6 Å². The Balaban J connectivity index is 0.00000204. The first-order valence-corrected chi connectivity index (χ1v) is 10.8. The maximum absolute atomic E-state index is 14.7. The Labute approximate surface area is 210 Å². The molecule has 2 aromatic carbocycles. The summed E-state index contributed by atoms with van der Waals surface area (Å²) >= 11 is 0. The third-order valence-electron chi connectivity index (χ3n) is 5.71. The van der Waals surface area contributed by atoms with Gasteiger partial charge in [0.25, 0.3) is 0 Å². The van der Waals surface area contributed by atoms with Crippen LogP contribution in [0.5, 0.6) is 0 Å². The van der Waals surface area contributed by atoms with E-state index >= 15 is 0 Å². The van der Waals surface area contributed by atoms with Crippen molar-refractivity contribution in [2.75, 3.05) is 49.1 Å². The molecule has 11 heteroatoms. The van der Waals surface area contributed by atoms with Crippen molar-refractivity contribution in [1.82, 2.24) is 10.6 Å². The molecule has 0 saturated carbocycles. The number of nitrogens with two attached hydrogens (primary N) is 1. The van der Waals surface area contributed by atoms with Crippen molar-refractivity contribution in [3.05, 3.63) is 59.9 Å². The second-order valence-corrected chi connectivity index (χ2v) is 8.03. The van der Waals surface area contributed by atoms with E-state index in [1.807, 2.05) is 35.2 Å². The molecule has 2 amide bonds. The summed E-state index contributed by atoms with van der Waals surface area (Å²) < 4.78 is 20.1. The van der Waals surface area contributed by atoms with E-state index in [9.17, 15) is 14.0 Å². The topological polar surface area (TPSA) is 99.9 Å². The van der Waals surface area contributed by atoms with Gasteiger partial charge in [-0.1, -0.05) is 30.3 Å². The quantitative estimate of drug-likeness (QED) is 0.524. The lowest BCUT2D eigenvalue weighted by atomic mass is 10.1. The predicted molar refractivity (Wildman–Crippen MR) is 135 cm³/mol. The lowest BCUT2D eigenvalue weighted by molar-refractivity contribution is -0.122. The van der Waals surface area contributed by atoms with Gasteiger partial charge >= 0.3 is 6.09 Å². The Morgan fingerprint density at radius 1 is 1.18 bits per heavy atom. The van der Waals surface area contributed by atoms with Crippen LogP contribution in [0.3, 0.4) is 0 Å². The highest BCUT2D eigenvalue weighted by Crippen LogP contribution is 2.28. The average molecular weight is 514 g/mol. The van der Waals surface area contributed by atoms with Gasteiger partial charge in [0.1, 0.15) is 11.9 Å². The zero-order valence-corrected chi connectivity index (χ0v) is 20.2. The number of anilines is 2. The Kier molecular flexibility index (Phi) is 10.4. The van der Waals surface area contributed by atoms with Crippen LogP contribution in [-0.4, -0.2) is 63.4 Å². The van der Waals surface area contributed by atoms with E-state index in [-0.39, 0.29) is 49.6 Å². The minimum absolute atomic E-state index is 0. The number of benzene rings is 2. The van der Waals surface area contributed by atoms with Crippen LogP contribution in [0, 0.1) is 5.82 Å². The molecule has 2 aliphatic rings. The highest BCUT2D eigenvalue weighted by molar-refractivity contribution is 5.90. The molecule has 4 N–H and O–H groups in total. The number of rotatable bonds is 7. The molecule has 0 radical (unpaired) electrons. The number of nitrogens with zero attached hydrogens (tertiary/aromatic N) is 2. The molecular weight excluding hydrogens is 484 g/mol. The maximum atomic E-state index is 14.7. The predicted octanol–water partition coefficient (Wildman–Crippen LogP) is 2.09. The number of amides is 2. The summed E-state index contributed by atoms with van der Waals surface area (Å²) in [6.07, 6.45) is -0.680. The van der Waals surface area contributed by atoms with Crippen LogP contribution in [-0.2, 0) is 16.0 Å². The fourth-order valence-electron chi connectivity index (χ4n) is 3.97. The number of carbonyl (C=O) groups is 2. The van der Waals surface area contributed by atoms with Gasteiger partial charge in [0.15, 0.2) is 0 Å². The standard InChI is InChI=1S/C23H28FN5O3.2ClH/c24-19-13-17(6-7-21(19)28-10-8-26-9-11-28)29-15-18(32-23(29)31)14-27-22(30)20(25)12-16-4-2-1-3-5-16;;/h1-7,13,18,20,26H,8-12,14-15,25H2,(H,27,30);2*1H/t18?,20-;;/m0../s1. The monoisotopic (exact) mass is 513 g/mol. The van der Waals surface area contributed by atoms with E-state index < -0.39 is 18.2 Å². The summed E-state index contributed by atoms with van der Waals surface area (Å²) in [6.45, 7) is 3.45. The second-order valence-electron chi connectivity index (χ2n) is 8.03. The molecule has 4 rings (SSSR count).